The second-order valence-corrected chi connectivity index (χ2v) is 12.5. The summed E-state index contributed by atoms with van der Waals surface area (Å²) in [5.74, 6) is -3.87. The number of aliphatic carboxylic acids is 1. The van der Waals surface area contributed by atoms with Crippen molar-refractivity contribution < 1.29 is 23.1 Å². The lowest BCUT2D eigenvalue weighted by Crippen LogP contribution is -2.17. The van der Waals surface area contributed by atoms with E-state index in [2.05, 4.69) is 13.5 Å². The molecule has 0 heterocycles. The van der Waals surface area contributed by atoms with E-state index >= 15 is 0 Å². The van der Waals surface area contributed by atoms with Crippen LogP contribution < -0.4 is 0 Å². The van der Waals surface area contributed by atoms with Gasteiger partial charge in [-0.05, 0) is 82.7 Å². The van der Waals surface area contributed by atoms with Gasteiger partial charge in [-0.15, -0.1) is 0 Å². The highest BCUT2D eigenvalue weighted by Crippen LogP contribution is 2.43. The number of alkyl halides is 2. The van der Waals surface area contributed by atoms with Gasteiger partial charge in [-0.25, -0.2) is 4.39 Å². The van der Waals surface area contributed by atoms with Gasteiger partial charge in [0.1, 0.15) is 5.82 Å². The quantitative estimate of drug-likeness (QED) is 0.182. The normalized spacial score (nSPS) is 19.2. The molecule has 4 rings (SSSR count). The molecule has 0 radical (unpaired) electrons. The van der Waals surface area contributed by atoms with E-state index in [-0.39, 0.29) is 23.2 Å². The third-order valence-electron chi connectivity index (χ3n) is 9.05. The van der Waals surface area contributed by atoms with E-state index in [0.717, 1.165) is 35.1 Å². The average Bonchev–Trinajstić information content (AvgIpc) is 3.18. The summed E-state index contributed by atoms with van der Waals surface area (Å²) < 4.78 is 42.8. The van der Waals surface area contributed by atoms with Gasteiger partial charge < -0.3 is 5.11 Å². The third kappa shape index (κ3) is 7.53. The molecule has 1 saturated carbocycles. The smallest absolute Gasteiger partial charge is 0.310 e. The number of allylic oxidation sites excluding steroid dienone is 1. The molecule has 0 amide bonds. The van der Waals surface area contributed by atoms with Crippen LogP contribution >= 0.6 is 0 Å². The van der Waals surface area contributed by atoms with E-state index in [0.29, 0.717) is 29.9 Å². The fourth-order valence-corrected chi connectivity index (χ4v) is 6.55. The molecule has 4 atom stereocenters. The molecule has 0 aromatic heterocycles. The molecule has 0 aliphatic heterocycles. The van der Waals surface area contributed by atoms with Crippen molar-refractivity contribution in [3.63, 3.8) is 0 Å². The molecule has 1 aliphatic carbocycles. The minimum Gasteiger partial charge on any atom is -0.481 e. The highest BCUT2D eigenvalue weighted by molar-refractivity contribution is 5.78. The zero-order valence-corrected chi connectivity index (χ0v) is 25.0. The molecule has 1 fully saturated rings. The molecule has 0 saturated heterocycles. The first-order valence-electron chi connectivity index (χ1n) is 15.2. The second-order valence-electron chi connectivity index (χ2n) is 12.5. The zero-order valence-electron chi connectivity index (χ0n) is 25.0. The van der Waals surface area contributed by atoms with Crippen LogP contribution in [0.3, 0.4) is 0 Å². The lowest BCUT2D eigenvalue weighted by molar-refractivity contribution is -0.139. The standard InChI is InChI=1S/C37H43F3O2/c1-5-37(39,40)30-16-11-26(12-17-30)34-23-29(35(36(41)42)21-24(2)3)15-20-32(34)33(27-13-18-31(38)19-14-27)22-28-10-8-6-7-9-25(28)4/h5,11-20,23-25,28,33,35H,1,6-10,21-22H2,2-4H3,(H,41,42). The first kappa shape index (κ1) is 31.6. The molecule has 4 unspecified atom stereocenters. The molecular weight excluding hydrogens is 533 g/mol. The molecule has 3 aromatic carbocycles. The molecule has 1 aliphatic rings. The predicted molar refractivity (Wildman–Crippen MR) is 164 cm³/mol. The van der Waals surface area contributed by atoms with E-state index in [4.69, 9.17) is 0 Å². The van der Waals surface area contributed by atoms with Crippen molar-refractivity contribution >= 4 is 5.97 Å². The number of hydrogen-bond donors (Lipinski definition) is 1. The summed E-state index contributed by atoms with van der Waals surface area (Å²) in [7, 11) is 0. The third-order valence-corrected chi connectivity index (χ3v) is 9.05. The molecule has 1 N–H and O–H groups in total. The van der Waals surface area contributed by atoms with Crippen LogP contribution in [0.1, 0.15) is 99.8 Å². The molecule has 42 heavy (non-hydrogen) atoms. The lowest BCUT2D eigenvalue weighted by atomic mass is 9.75. The van der Waals surface area contributed by atoms with Gasteiger partial charge in [0.05, 0.1) is 5.92 Å². The van der Waals surface area contributed by atoms with E-state index < -0.39 is 17.8 Å². The Hall–Kier alpha value is -3.34. The van der Waals surface area contributed by atoms with Crippen LogP contribution in [-0.4, -0.2) is 11.1 Å². The Labute approximate surface area is 248 Å². The van der Waals surface area contributed by atoms with E-state index in [9.17, 15) is 23.1 Å². The van der Waals surface area contributed by atoms with Crippen LogP contribution in [0.15, 0.2) is 79.4 Å². The molecule has 2 nitrogen and oxygen atoms in total. The SMILES string of the molecule is C=CC(F)(F)c1ccc(-c2cc(C(CC(C)C)C(=O)O)ccc2C(CC2CCCCCC2C)c2ccc(F)cc2)cc1. The number of carboxylic acids is 1. The summed E-state index contributed by atoms with van der Waals surface area (Å²) in [6, 6.07) is 18.7. The van der Waals surface area contributed by atoms with Crippen LogP contribution in [0.4, 0.5) is 13.2 Å². The van der Waals surface area contributed by atoms with Crippen LogP contribution in [0, 0.1) is 23.6 Å². The molecular formula is C37H43F3O2. The minimum absolute atomic E-state index is 0.0668. The van der Waals surface area contributed by atoms with Gasteiger partial charge in [0.2, 0.25) is 0 Å². The number of halogens is 3. The highest BCUT2D eigenvalue weighted by atomic mass is 19.3. The Morgan fingerprint density at radius 3 is 2.24 bits per heavy atom. The maximum atomic E-state index is 14.4. The largest absolute Gasteiger partial charge is 0.481 e. The maximum absolute atomic E-state index is 14.4. The molecule has 0 bridgehead atoms. The fourth-order valence-electron chi connectivity index (χ4n) is 6.55. The average molecular weight is 577 g/mol. The predicted octanol–water partition coefficient (Wildman–Crippen LogP) is 10.7. The van der Waals surface area contributed by atoms with E-state index in [1.807, 2.05) is 44.2 Å². The van der Waals surface area contributed by atoms with Gasteiger partial charge in [0, 0.05) is 11.5 Å². The van der Waals surface area contributed by atoms with Crippen LogP contribution in [0.2, 0.25) is 0 Å². The number of carboxylic acid groups (broad SMARTS) is 1. The first-order valence-corrected chi connectivity index (χ1v) is 15.2. The summed E-state index contributed by atoms with van der Waals surface area (Å²) in [6.07, 6.45) is 7.96. The number of carbonyl (C=O) groups is 1. The number of hydrogen-bond acceptors (Lipinski definition) is 1. The minimum atomic E-state index is -3.15. The Morgan fingerprint density at radius 2 is 1.62 bits per heavy atom. The van der Waals surface area contributed by atoms with Crippen LogP contribution in [-0.2, 0) is 10.7 Å². The summed E-state index contributed by atoms with van der Waals surface area (Å²) in [6.45, 7) is 9.60. The van der Waals surface area contributed by atoms with Crippen molar-refractivity contribution in [3.8, 4) is 11.1 Å². The number of benzene rings is 3. The summed E-state index contributed by atoms with van der Waals surface area (Å²) >= 11 is 0. The van der Waals surface area contributed by atoms with Crippen molar-refractivity contribution in [2.45, 2.75) is 83.5 Å². The van der Waals surface area contributed by atoms with E-state index in [1.165, 1.54) is 49.9 Å². The molecule has 0 spiro atoms. The van der Waals surface area contributed by atoms with Crippen molar-refractivity contribution in [1.82, 2.24) is 0 Å². The summed E-state index contributed by atoms with van der Waals surface area (Å²) in [5, 5.41) is 10.1. The summed E-state index contributed by atoms with van der Waals surface area (Å²) in [5.41, 5.74) is 4.10. The first-order chi connectivity index (χ1) is 20.0. The Balaban J connectivity index is 1.89. The van der Waals surface area contributed by atoms with Crippen molar-refractivity contribution in [2.24, 2.45) is 17.8 Å². The zero-order chi connectivity index (χ0) is 30.4. The maximum Gasteiger partial charge on any atom is 0.310 e. The topological polar surface area (TPSA) is 37.3 Å². The highest BCUT2D eigenvalue weighted by Gasteiger charge is 2.30. The Morgan fingerprint density at radius 1 is 0.976 bits per heavy atom. The Kier molecular flexibility index (Phi) is 10.3. The van der Waals surface area contributed by atoms with Gasteiger partial charge >= 0.3 is 5.97 Å². The molecule has 224 valence electrons. The van der Waals surface area contributed by atoms with E-state index in [1.54, 1.807) is 12.1 Å². The van der Waals surface area contributed by atoms with Crippen LogP contribution in [0.5, 0.6) is 0 Å². The van der Waals surface area contributed by atoms with Gasteiger partial charge in [-0.3, -0.25) is 4.79 Å². The Bertz CT molecular complexity index is 1340. The van der Waals surface area contributed by atoms with Gasteiger partial charge in [0.25, 0.3) is 5.92 Å². The summed E-state index contributed by atoms with van der Waals surface area (Å²) in [4.78, 5) is 12.3. The monoisotopic (exact) mass is 576 g/mol. The molecule has 3 aromatic rings. The van der Waals surface area contributed by atoms with Gasteiger partial charge in [-0.2, -0.15) is 8.78 Å². The van der Waals surface area contributed by atoms with Crippen molar-refractivity contribution in [3.05, 3.63) is 107 Å². The van der Waals surface area contributed by atoms with Gasteiger partial charge in [0.15, 0.2) is 0 Å². The van der Waals surface area contributed by atoms with Crippen LogP contribution in [0.25, 0.3) is 11.1 Å². The second kappa shape index (κ2) is 13.8. The van der Waals surface area contributed by atoms with Gasteiger partial charge in [-0.1, -0.05) is 108 Å². The van der Waals surface area contributed by atoms with Crippen molar-refractivity contribution in [1.29, 1.82) is 0 Å². The van der Waals surface area contributed by atoms with Crippen molar-refractivity contribution in [2.75, 3.05) is 0 Å². The molecule has 5 heteroatoms. The number of rotatable bonds is 11. The lowest BCUT2D eigenvalue weighted by Gasteiger charge is -2.30. The fraction of sp³-hybridized carbons (Fsp3) is 0.432.